The van der Waals surface area contributed by atoms with Crippen LogP contribution in [0.15, 0.2) is 42.5 Å². The molecule has 8 heteroatoms. The number of para-hydroxylation sites is 1. The second kappa shape index (κ2) is 8.54. The first-order chi connectivity index (χ1) is 15.2. The molecule has 3 amide bonds. The van der Waals surface area contributed by atoms with Crippen molar-refractivity contribution in [2.75, 3.05) is 18.5 Å². The minimum atomic E-state index is -0.738. The molecule has 0 N–H and O–H groups in total. The highest BCUT2D eigenvalue weighted by Gasteiger charge is 2.52. The molecule has 168 valence electrons. The Bertz CT molecular complexity index is 1070. The van der Waals surface area contributed by atoms with Gasteiger partial charge in [-0.1, -0.05) is 29.8 Å². The molecular formula is C24H25ClFN3O3. The van der Waals surface area contributed by atoms with Crippen LogP contribution < -0.4 is 4.90 Å². The zero-order valence-corrected chi connectivity index (χ0v) is 18.9. The van der Waals surface area contributed by atoms with E-state index in [2.05, 4.69) is 0 Å². The summed E-state index contributed by atoms with van der Waals surface area (Å²) >= 11 is 6.07. The van der Waals surface area contributed by atoms with Gasteiger partial charge in [-0.3, -0.25) is 19.3 Å². The number of hydrogen-bond donors (Lipinski definition) is 0. The van der Waals surface area contributed by atoms with Crippen LogP contribution in [0.25, 0.3) is 0 Å². The molecule has 0 saturated carbocycles. The van der Waals surface area contributed by atoms with Gasteiger partial charge < -0.3 is 9.80 Å². The van der Waals surface area contributed by atoms with E-state index in [4.69, 9.17) is 11.6 Å². The minimum absolute atomic E-state index is 0.00461. The summed E-state index contributed by atoms with van der Waals surface area (Å²) in [6, 6.07) is 11.6. The van der Waals surface area contributed by atoms with E-state index >= 15 is 0 Å². The number of fused-ring (bicyclic) bond motifs is 3. The molecule has 1 atom stereocenters. The zero-order chi connectivity index (χ0) is 23.0. The fourth-order valence-corrected chi connectivity index (χ4v) is 4.85. The van der Waals surface area contributed by atoms with E-state index in [-0.39, 0.29) is 41.3 Å². The summed E-state index contributed by atoms with van der Waals surface area (Å²) in [4.78, 5) is 43.4. The zero-order valence-electron chi connectivity index (χ0n) is 18.1. The van der Waals surface area contributed by atoms with E-state index < -0.39 is 11.5 Å². The van der Waals surface area contributed by atoms with Crippen molar-refractivity contribution in [1.29, 1.82) is 0 Å². The molecule has 2 aliphatic heterocycles. The maximum Gasteiger partial charge on any atom is 0.257 e. The summed E-state index contributed by atoms with van der Waals surface area (Å²) < 4.78 is 14.0. The molecule has 2 aromatic carbocycles. The van der Waals surface area contributed by atoms with Gasteiger partial charge in [-0.05, 0) is 44.0 Å². The van der Waals surface area contributed by atoms with Crippen LogP contribution in [-0.4, -0.2) is 46.8 Å². The summed E-state index contributed by atoms with van der Waals surface area (Å²) in [7, 11) is 1.60. The number of amides is 3. The van der Waals surface area contributed by atoms with Crippen molar-refractivity contribution in [1.82, 2.24) is 9.80 Å². The van der Waals surface area contributed by atoms with Gasteiger partial charge >= 0.3 is 0 Å². The van der Waals surface area contributed by atoms with Gasteiger partial charge in [0.15, 0.2) is 0 Å². The molecule has 32 heavy (non-hydrogen) atoms. The largest absolute Gasteiger partial charge is 0.341 e. The van der Waals surface area contributed by atoms with Crippen LogP contribution in [0.5, 0.6) is 0 Å². The molecule has 0 aliphatic carbocycles. The quantitative estimate of drug-likeness (QED) is 0.652. The standard InChI is InChI=1S/C24H25ClFN3O3/c1-24-13-12-22(31)29(24)20-10-4-3-7-16(20)23(32)28(24)14-6-11-21(30)27(2)15-17-18(25)8-5-9-19(17)26/h3-5,7-10H,6,11-15H2,1-2H3. The molecule has 2 aliphatic rings. The second-order valence-electron chi connectivity index (χ2n) is 8.47. The fourth-order valence-electron chi connectivity index (χ4n) is 4.63. The van der Waals surface area contributed by atoms with Gasteiger partial charge in [0.05, 0.1) is 11.3 Å². The van der Waals surface area contributed by atoms with Crippen LogP contribution in [0.4, 0.5) is 10.1 Å². The molecule has 2 aromatic rings. The number of nitrogens with zero attached hydrogens (tertiary/aromatic N) is 3. The normalized spacial score (nSPS) is 19.8. The third kappa shape index (κ3) is 3.75. The van der Waals surface area contributed by atoms with Gasteiger partial charge in [0, 0.05) is 43.6 Å². The van der Waals surface area contributed by atoms with Crippen molar-refractivity contribution < 1.29 is 18.8 Å². The number of halogens is 2. The highest BCUT2D eigenvalue weighted by atomic mass is 35.5. The van der Waals surface area contributed by atoms with E-state index in [9.17, 15) is 18.8 Å². The van der Waals surface area contributed by atoms with Gasteiger partial charge in [0.1, 0.15) is 11.5 Å². The van der Waals surface area contributed by atoms with Crippen molar-refractivity contribution >= 4 is 35.0 Å². The van der Waals surface area contributed by atoms with Crippen molar-refractivity contribution in [3.8, 4) is 0 Å². The van der Waals surface area contributed by atoms with Gasteiger partial charge in [0.2, 0.25) is 11.8 Å². The van der Waals surface area contributed by atoms with Crippen LogP contribution in [0, 0.1) is 5.82 Å². The number of anilines is 1. The van der Waals surface area contributed by atoms with Crippen LogP contribution in [0.1, 0.15) is 48.5 Å². The Labute approximate surface area is 191 Å². The Balaban J connectivity index is 1.44. The lowest BCUT2D eigenvalue weighted by molar-refractivity contribution is -0.130. The average Bonchev–Trinajstić information content (AvgIpc) is 3.08. The number of benzene rings is 2. The van der Waals surface area contributed by atoms with Crippen LogP contribution >= 0.6 is 11.6 Å². The minimum Gasteiger partial charge on any atom is -0.341 e. The smallest absolute Gasteiger partial charge is 0.257 e. The number of carbonyl (C=O) groups is 3. The third-order valence-electron chi connectivity index (χ3n) is 6.40. The highest BCUT2D eigenvalue weighted by molar-refractivity contribution is 6.31. The van der Waals surface area contributed by atoms with E-state index in [0.717, 1.165) is 0 Å². The Hall–Kier alpha value is -2.93. The molecule has 1 unspecified atom stereocenters. The van der Waals surface area contributed by atoms with E-state index in [1.807, 2.05) is 13.0 Å². The maximum atomic E-state index is 14.0. The van der Waals surface area contributed by atoms with Crippen molar-refractivity contribution in [2.45, 2.75) is 44.8 Å². The fraction of sp³-hybridized carbons (Fsp3) is 0.375. The maximum absolute atomic E-state index is 14.0. The molecule has 1 fully saturated rings. The van der Waals surface area contributed by atoms with Crippen LogP contribution in [0.2, 0.25) is 5.02 Å². The van der Waals surface area contributed by atoms with Gasteiger partial charge in [0.25, 0.3) is 5.91 Å². The third-order valence-corrected chi connectivity index (χ3v) is 6.75. The van der Waals surface area contributed by atoms with Crippen molar-refractivity contribution in [3.63, 3.8) is 0 Å². The van der Waals surface area contributed by atoms with Crippen molar-refractivity contribution in [2.24, 2.45) is 0 Å². The Morgan fingerprint density at radius 2 is 1.94 bits per heavy atom. The molecule has 1 saturated heterocycles. The number of carbonyl (C=O) groups excluding carboxylic acids is 3. The number of hydrogen-bond acceptors (Lipinski definition) is 3. The average molecular weight is 458 g/mol. The Kier molecular flexibility index (Phi) is 5.95. The number of rotatable bonds is 6. The summed E-state index contributed by atoms with van der Waals surface area (Å²) in [6.07, 6.45) is 1.54. The SMILES string of the molecule is CN(Cc1c(F)cccc1Cl)C(=O)CCCN1C(=O)c2ccccc2N2C(=O)CCC12C. The summed E-state index contributed by atoms with van der Waals surface area (Å²) in [6.45, 7) is 2.31. The van der Waals surface area contributed by atoms with Gasteiger partial charge in [-0.15, -0.1) is 0 Å². The Morgan fingerprint density at radius 1 is 1.19 bits per heavy atom. The van der Waals surface area contributed by atoms with E-state index in [0.29, 0.717) is 37.1 Å². The molecular weight excluding hydrogens is 433 g/mol. The van der Waals surface area contributed by atoms with E-state index in [1.165, 1.54) is 17.0 Å². The molecule has 0 aromatic heterocycles. The van der Waals surface area contributed by atoms with Gasteiger partial charge in [-0.2, -0.15) is 0 Å². The monoisotopic (exact) mass is 457 g/mol. The Morgan fingerprint density at radius 3 is 2.69 bits per heavy atom. The van der Waals surface area contributed by atoms with Crippen LogP contribution in [-0.2, 0) is 16.1 Å². The highest BCUT2D eigenvalue weighted by Crippen LogP contribution is 2.44. The first-order valence-corrected chi connectivity index (χ1v) is 11.0. The molecule has 6 nitrogen and oxygen atoms in total. The first-order valence-electron chi connectivity index (χ1n) is 10.6. The molecule has 0 spiro atoms. The van der Waals surface area contributed by atoms with E-state index in [1.54, 1.807) is 41.1 Å². The second-order valence-corrected chi connectivity index (χ2v) is 8.88. The summed E-state index contributed by atoms with van der Waals surface area (Å²) in [5.41, 5.74) is 0.688. The molecule has 0 bridgehead atoms. The lowest BCUT2D eigenvalue weighted by Crippen LogP contribution is -2.62. The van der Waals surface area contributed by atoms with Crippen molar-refractivity contribution in [3.05, 3.63) is 64.4 Å². The lowest BCUT2D eigenvalue weighted by Gasteiger charge is -2.48. The predicted octanol–water partition coefficient (Wildman–Crippen LogP) is 4.22. The molecule has 0 radical (unpaired) electrons. The molecule has 2 heterocycles. The summed E-state index contributed by atoms with van der Waals surface area (Å²) in [5, 5.41) is 0.279. The summed E-state index contributed by atoms with van der Waals surface area (Å²) in [5.74, 6) is -0.754. The van der Waals surface area contributed by atoms with Gasteiger partial charge in [-0.25, -0.2) is 4.39 Å². The molecule has 4 rings (SSSR count). The lowest BCUT2D eigenvalue weighted by atomic mass is 9.98. The first kappa shape index (κ1) is 22.3. The topological polar surface area (TPSA) is 60.9 Å². The van der Waals surface area contributed by atoms with Crippen LogP contribution in [0.3, 0.4) is 0 Å². The predicted molar refractivity (Wildman–Crippen MR) is 120 cm³/mol.